The first-order valence-electron chi connectivity index (χ1n) is 6.70. The third kappa shape index (κ3) is 3.44. The molecule has 6 nitrogen and oxygen atoms in total. The highest BCUT2D eigenvalue weighted by Gasteiger charge is 2.07. The summed E-state index contributed by atoms with van der Waals surface area (Å²) in [5.41, 5.74) is 1.95. The van der Waals surface area contributed by atoms with Crippen LogP contribution in [0.2, 0.25) is 0 Å². The van der Waals surface area contributed by atoms with Gasteiger partial charge in [-0.05, 0) is 35.4 Å². The van der Waals surface area contributed by atoms with Gasteiger partial charge in [0.25, 0.3) is 0 Å². The van der Waals surface area contributed by atoms with Crippen molar-refractivity contribution in [1.29, 1.82) is 0 Å². The molecule has 0 bridgehead atoms. The van der Waals surface area contributed by atoms with Gasteiger partial charge in [0, 0.05) is 18.9 Å². The zero-order valence-electron chi connectivity index (χ0n) is 11.6. The van der Waals surface area contributed by atoms with E-state index < -0.39 is 6.10 Å². The van der Waals surface area contributed by atoms with Crippen molar-refractivity contribution in [2.45, 2.75) is 12.6 Å². The van der Waals surface area contributed by atoms with Crippen molar-refractivity contribution < 1.29 is 9.50 Å². The van der Waals surface area contributed by atoms with Gasteiger partial charge in [-0.2, -0.15) is 5.21 Å². The van der Waals surface area contributed by atoms with Gasteiger partial charge in [-0.25, -0.2) is 4.39 Å². The molecule has 7 heteroatoms. The minimum Gasteiger partial charge on any atom is -0.381 e. The number of nitrogens with zero attached hydrogens (tertiary/aromatic N) is 4. The van der Waals surface area contributed by atoms with E-state index in [0.717, 1.165) is 11.1 Å². The number of hydrogen-bond acceptors (Lipinski definition) is 4. The molecular formula is C15H14FN5O. The summed E-state index contributed by atoms with van der Waals surface area (Å²) >= 11 is 0. The summed E-state index contributed by atoms with van der Waals surface area (Å²) in [6.07, 6.45) is 6.32. The summed E-state index contributed by atoms with van der Waals surface area (Å²) in [4.78, 5) is 0. The fraction of sp³-hybridized carbons (Fsp3) is 0.133. The predicted octanol–water partition coefficient (Wildman–Crippen LogP) is 1.94. The molecule has 1 aromatic carbocycles. The molecule has 2 aromatic heterocycles. The number of halogens is 1. The van der Waals surface area contributed by atoms with Gasteiger partial charge >= 0.3 is 0 Å². The van der Waals surface area contributed by atoms with E-state index in [9.17, 15) is 9.50 Å². The van der Waals surface area contributed by atoms with Crippen molar-refractivity contribution in [3.05, 3.63) is 71.6 Å². The molecule has 0 aliphatic rings. The lowest BCUT2D eigenvalue weighted by molar-refractivity contribution is 0.219. The van der Waals surface area contributed by atoms with Crippen molar-refractivity contribution in [3.63, 3.8) is 0 Å². The number of hydrogen-bond donors (Lipinski definition) is 2. The molecule has 3 aromatic rings. The third-order valence-corrected chi connectivity index (χ3v) is 3.15. The van der Waals surface area contributed by atoms with E-state index in [1.165, 1.54) is 12.1 Å². The molecule has 0 radical (unpaired) electrons. The van der Waals surface area contributed by atoms with Crippen molar-refractivity contribution in [2.24, 2.45) is 0 Å². The SMILES string of the molecule is OC(C=Cc1ccn(Cc2ccc(F)cc2)c1)c1nn[nH]n1. The van der Waals surface area contributed by atoms with Crippen LogP contribution in [0.3, 0.4) is 0 Å². The zero-order chi connectivity index (χ0) is 15.4. The second-order valence-corrected chi connectivity index (χ2v) is 4.82. The van der Waals surface area contributed by atoms with Crippen molar-refractivity contribution in [1.82, 2.24) is 25.2 Å². The maximum absolute atomic E-state index is 12.9. The zero-order valence-corrected chi connectivity index (χ0v) is 11.6. The maximum atomic E-state index is 12.9. The van der Waals surface area contributed by atoms with E-state index in [4.69, 9.17) is 0 Å². The highest BCUT2D eigenvalue weighted by molar-refractivity contribution is 5.49. The molecule has 0 spiro atoms. The van der Waals surface area contributed by atoms with Gasteiger partial charge in [-0.3, -0.25) is 0 Å². The lowest BCUT2D eigenvalue weighted by Gasteiger charge is -2.02. The van der Waals surface area contributed by atoms with Gasteiger partial charge in [-0.1, -0.05) is 23.4 Å². The van der Waals surface area contributed by atoms with Crippen LogP contribution in [-0.4, -0.2) is 30.3 Å². The summed E-state index contributed by atoms with van der Waals surface area (Å²) in [5, 5.41) is 22.9. The Labute approximate surface area is 125 Å². The molecule has 0 saturated heterocycles. The minimum absolute atomic E-state index is 0.224. The van der Waals surface area contributed by atoms with Gasteiger partial charge in [0.2, 0.25) is 5.82 Å². The average Bonchev–Trinajstić information content (AvgIpc) is 3.19. The summed E-state index contributed by atoms with van der Waals surface area (Å²) in [6.45, 7) is 0.654. The van der Waals surface area contributed by atoms with Gasteiger partial charge in [0.1, 0.15) is 11.9 Å². The number of aromatic amines is 1. The largest absolute Gasteiger partial charge is 0.381 e. The van der Waals surface area contributed by atoms with Crippen LogP contribution in [0.5, 0.6) is 0 Å². The molecule has 22 heavy (non-hydrogen) atoms. The van der Waals surface area contributed by atoms with E-state index in [1.807, 2.05) is 23.0 Å². The number of H-pyrrole nitrogens is 1. The first kappa shape index (κ1) is 14.2. The number of rotatable bonds is 5. The fourth-order valence-corrected chi connectivity index (χ4v) is 2.04. The molecule has 2 N–H and O–H groups in total. The van der Waals surface area contributed by atoms with Gasteiger partial charge < -0.3 is 9.67 Å². The van der Waals surface area contributed by atoms with E-state index in [2.05, 4.69) is 20.6 Å². The van der Waals surface area contributed by atoms with E-state index in [0.29, 0.717) is 6.54 Å². The van der Waals surface area contributed by atoms with Crippen molar-refractivity contribution >= 4 is 6.08 Å². The van der Waals surface area contributed by atoms with Crippen LogP contribution in [0.1, 0.15) is 23.1 Å². The van der Waals surface area contributed by atoms with Crippen LogP contribution in [-0.2, 0) is 6.54 Å². The second kappa shape index (κ2) is 6.31. The van der Waals surface area contributed by atoms with E-state index in [-0.39, 0.29) is 11.6 Å². The van der Waals surface area contributed by atoms with Gasteiger partial charge in [0.15, 0.2) is 0 Å². The summed E-state index contributed by atoms with van der Waals surface area (Å²) in [6, 6.07) is 8.32. The van der Waals surface area contributed by atoms with Crippen molar-refractivity contribution in [2.75, 3.05) is 0 Å². The number of aliphatic hydroxyl groups is 1. The highest BCUT2D eigenvalue weighted by atomic mass is 19.1. The molecule has 3 rings (SSSR count). The normalized spacial score (nSPS) is 12.8. The van der Waals surface area contributed by atoms with E-state index >= 15 is 0 Å². The first-order valence-corrected chi connectivity index (χ1v) is 6.70. The Morgan fingerprint density at radius 1 is 1.27 bits per heavy atom. The second-order valence-electron chi connectivity index (χ2n) is 4.82. The van der Waals surface area contributed by atoms with Crippen LogP contribution in [0, 0.1) is 5.82 Å². The van der Waals surface area contributed by atoms with E-state index in [1.54, 1.807) is 24.3 Å². The molecule has 0 fully saturated rings. The monoisotopic (exact) mass is 299 g/mol. The van der Waals surface area contributed by atoms with Gasteiger partial charge in [-0.15, -0.1) is 10.2 Å². The standard InChI is InChI=1S/C15H14FN5O/c16-13-4-1-11(2-5-13)9-21-8-7-12(10-21)3-6-14(22)15-17-19-20-18-15/h1-8,10,14,22H,9H2,(H,17,18,19,20). The number of tetrazole rings is 1. The third-order valence-electron chi connectivity index (χ3n) is 3.15. The Hall–Kier alpha value is -2.80. The molecule has 0 aliphatic carbocycles. The quantitative estimate of drug-likeness (QED) is 0.754. The molecule has 1 atom stereocenters. The fourth-order valence-electron chi connectivity index (χ4n) is 2.04. The Kier molecular flexibility index (Phi) is 4.06. The maximum Gasteiger partial charge on any atom is 0.206 e. The highest BCUT2D eigenvalue weighted by Crippen LogP contribution is 2.12. The van der Waals surface area contributed by atoms with Crippen LogP contribution in [0.25, 0.3) is 6.08 Å². The van der Waals surface area contributed by atoms with Crippen LogP contribution in [0.15, 0.2) is 48.8 Å². The summed E-state index contributed by atoms with van der Waals surface area (Å²) in [5.74, 6) is -0.0164. The Morgan fingerprint density at radius 3 is 2.82 bits per heavy atom. The Bertz CT molecular complexity index is 749. The number of aliphatic hydroxyl groups excluding tert-OH is 1. The summed E-state index contributed by atoms with van der Waals surface area (Å²) in [7, 11) is 0. The van der Waals surface area contributed by atoms with Crippen molar-refractivity contribution in [3.8, 4) is 0 Å². The Morgan fingerprint density at radius 2 is 2.09 bits per heavy atom. The van der Waals surface area contributed by atoms with Crippen LogP contribution in [0.4, 0.5) is 4.39 Å². The topological polar surface area (TPSA) is 79.6 Å². The number of aromatic nitrogens is 5. The number of nitrogens with one attached hydrogen (secondary N) is 1. The van der Waals surface area contributed by atoms with Gasteiger partial charge in [0.05, 0.1) is 0 Å². The lowest BCUT2D eigenvalue weighted by atomic mass is 10.2. The predicted molar refractivity (Wildman–Crippen MR) is 78.1 cm³/mol. The minimum atomic E-state index is -0.904. The smallest absolute Gasteiger partial charge is 0.206 e. The first-order chi connectivity index (χ1) is 10.7. The van der Waals surface area contributed by atoms with Crippen LogP contribution >= 0.6 is 0 Å². The molecule has 0 amide bonds. The number of benzene rings is 1. The molecule has 112 valence electrons. The lowest BCUT2D eigenvalue weighted by Crippen LogP contribution is -1.96. The molecule has 1 unspecified atom stereocenters. The van der Waals surface area contributed by atoms with Crippen LogP contribution < -0.4 is 0 Å². The Balaban J connectivity index is 1.64. The summed E-state index contributed by atoms with van der Waals surface area (Å²) < 4.78 is 14.8. The molecule has 2 heterocycles. The average molecular weight is 299 g/mol. The molecule has 0 saturated carbocycles. The molecule has 0 aliphatic heterocycles. The molecular weight excluding hydrogens is 285 g/mol.